The second-order valence-electron chi connectivity index (χ2n) is 5.87. The van der Waals surface area contributed by atoms with Gasteiger partial charge in [-0.1, -0.05) is 19.3 Å². The number of hydrogen-bond donors (Lipinski definition) is 1. The Labute approximate surface area is 111 Å². The number of nitrogens with zero attached hydrogens (tertiary/aromatic N) is 2. The molecule has 0 saturated heterocycles. The van der Waals surface area contributed by atoms with Crippen LogP contribution in [0.4, 0.5) is 0 Å². The molecular formula is C15H27N3. The molecule has 1 atom stereocenters. The average molecular weight is 249 g/mol. The van der Waals surface area contributed by atoms with Gasteiger partial charge in [0, 0.05) is 18.8 Å². The normalized spacial score (nSPS) is 19.1. The zero-order chi connectivity index (χ0) is 13.1. The van der Waals surface area contributed by atoms with Gasteiger partial charge >= 0.3 is 0 Å². The highest BCUT2D eigenvalue weighted by Gasteiger charge is 2.21. The molecule has 2 rings (SSSR count). The van der Waals surface area contributed by atoms with Crippen LogP contribution in [0.15, 0.2) is 0 Å². The van der Waals surface area contributed by atoms with Crippen LogP contribution in [0.25, 0.3) is 0 Å². The van der Waals surface area contributed by atoms with Crippen LogP contribution in [0.2, 0.25) is 0 Å². The Morgan fingerprint density at radius 1 is 1.28 bits per heavy atom. The van der Waals surface area contributed by atoms with Gasteiger partial charge in [-0.15, -0.1) is 0 Å². The first kappa shape index (κ1) is 13.6. The van der Waals surface area contributed by atoms with E-state index in [2.05, 4.69) is 18.9 Å². The third-order valence-corrected chi connectivity index (χ3v) is 4.64. The van der Waals surface area contributed by atoms with Crippen molar-refractivity contribution in [1.29, 1.82) is 0 Å². The van der Waals surface area contributed by atoms with Crippen molar-refractivity contribution >= 4 is 0 Å². The summed E-state index contributed by atoms with van der Waals surface area (Å²) in [7, 11) is 2.02. The highest BCUT2D eigenvalue weighted by Crippen LogP contribution is 2.27. The molecule has 0 aliphatic heterocycles. The van der Waals surface area contributed by atoms with Crippen molar-refractivity contribution in [3.8, 4) is 0 Å². The summed E-state index contributed by atoms with van der Waals surface area (Å²) in [4.78, 5) is 0. The van der Waals surface area contributed by atoms with Gasteiger partial charge in [0.2, 0.25) is 0 Å². The summed E-state index contributed by atoms with van der Waals surface area (Å²) < 4.78 is 1.98. The molecule has 1 fully saturated rings. The second kappa shape index (κ2) is 5.87. The van der Waals surface area contributed by atoms with Crippen LogP contribution < -0.4 is 5.73 Å². The molecule has 18 heavy (non-hydrogen) atoms. The minimum Gasteiger partial charge on any atom is -0.327 e. The van der Waals surface area contributed by atoms with Crippen molar-refractivity contribution in [2.75, 3.05) is 0 Å². The van der Waals surface area contributed by atoms with E-state index < -0.39 is 0 Å². The van der Waals surface area contributed by atoms with Crippen molar-refractivity contribution in [3.63, 3.8) is 0 Å². The Bertz CT molecular complexity index is 389. The first-order valence-electron chi connectivity index (χ1n) is 7.34. The molecule has 1 aromatic heterocycles. The Morgan fingerprint density at radius 2 is 1.94 bits per heavy atom. The van der Waals surface area contributed by atoms with Gasteiger partial charge in [0.05, 0.1) is 5.69 Å². The van der Waals surface area contributed by atoms with Crippen LogP contribution in [0.1, 0.15) is 55.5 Å². The quantitative estimate of drug-likeness (QED) is 0.891. The average Bonchev–Trinajstić information content (AvgIpc) is 2.62. The van der Waals surface area contributed by atoms with Gasteiger partial charge in [-0.3, -0.25) is 4.68 Å². The molecule has 1 aliphatic carbocycles. The lowest BCUT2D eigenvalue weighted by atomic mass is 9.82. The third-order valence-electron chi connectivity index (χ3n) is 4.64. The fourth-order valence-corrected chi connectivity index (χ4v) is 3.29. The molecule has 1 aromatic rings. The standard InChI is InChI=1S/C15H27N3/c1-11-14(12(2)18(3)17-11)9-10-15(16)13-7-5-4-6-8-13/h13,15H,4-10,16H2,1-3H3. The SMILES string of the molecule is Cc1nn(C)c(C)c1CCC(N)C1CCCCC1. The van der Waals surface area contributed by atoms with Crippen molar-refractivity contribution in [1.82, 2.24) is 9.78 Å². The maximum atomic E-state index is 6.38. The maximum absolute atomic E-state index is 6.38. The number of rotatable bonds is 4. The molecule has 0 spiro atoms. The lowest BCUT2D eigenvalue weighted by molar-refractivity contribution is 0.295. The van der Waals surface area contributed by atoms with Gasteiger partial charge in [0.15, 0.2) is 0 Å². The van der Waals surface area contributed by atoms with Gasteiger partial charge in [-0.05, 0) is 51.0 Å². The zero-order valence-corrected chi connectivity index (χ0v) is 12.1. The first-order valence-corrected chi connectivity index (χ1v) is 7.34. The van der Waals surface area contributed by atoms with E-state index in [1.807, 2.05) is 11.7 Å². The molecule has 3 nitrogen and oxygen atoms in total. The van der Waals surface area contributed by atoms with Crippen LogP contribution in [-0.2, 0) is 13.5 Å². The third kappa shape index (κ3) is 2.94. The number of hydrogen-bond acceptors (Lipinski definition) is 2. The van der Waals surface area contributed by atoms with Gasteiger partial charge in [-0.2, -0.15) is 5.10 Å². The van der Waals surface area contributed by atoms with Crippen LogP contribution in [0, 0.1) is 19.8 Å². The molecule has 0 bridgehead atoms. The van der Waals surface area contributed by atoms with Gasteiger partial charge in [0.25, 0.3) is 0 Å². The number of aromatic nitrogens is 2. The van der Waals surface area contributed by atoms with Crippen molar-refractivity contribution in [3.05, 3.63) is 17.0 Å². The predicted molar refractivity (Wildman–Crippen MR) is 75.6 cm³/mol. The van der Waals surface area contributed by atoms with Crippen LogP contribution in [0.5, 0.6) is 0 Å². The van der Waals surface area contributed by atoms with Gasteiger partial charge in [0.1, 0.15) is 0 Å². The molecule has 2 N–H and O–H groups in total. The van der Waals surface area contributed by atoms with E-state index in [0.717, 1.165) is 18.8 Å². The predicted octanol–water partition coefficient (Wildman–Crippen LogP) is 2.88. The Hall–Kier alpha value is -0.830. The van der Waals surface area contributed by atoms with E-state index >= 15 is 0 Å². The summed E-state index contributed by atoms with van der Waals surface area (Å²) >= 11 is 0. The van der Waals surface area contributed by atoms with E-state index in [0.29, 0.717) is 6.04 Å². The van der Waals surface area contributed by atoms with E-state index in [1.165, 1.54) is 49.1 Å². The van der Waals surface area contributed by atoms with E-state index in [9.17, 15) is 0 Å². The van der Waals surface area contributed by atoms with Crippen molar-refractivity contribution in [2.24, 2.45) is 18.7 Å². The highest BCUT2D eigenvalue weighted by molar-refractivity contribution is 5.24. The summed E-state index contributed by atoms with van der Waals surface area (Å²) in [5.41, 5.74) is 10.2. The molecular weight excluding hydrogens is 222 g/mol. The number of aryl methyl sites for hydroxylation is 2. The van der Waals surface area contributed by atoms with Gasteiger partial charge in [-0.25, -0.2) is 0 Å². The van der Waals surface area contributed by atoms with Crippen molar-refractivity contribution in [2.45, 2.75) is 64.8 Å². The van der Waals surface area contributed by atoms with Crippen LogP contribution in [-0.4, -0.2) is 15.8 Å². The smallest absolute Gasteiger partial charge is 0.0628 e. The minimum absolute atomic E-state index is 0.379. The summed E-state index contributed by atoms with van der Waals surface area (Å²) in [6, 6.07) is 0.379. The fourth-order valence-electron chi connectivity index (χ4n) is 3.29. The molecule has 3 heteroatoms. The molecule has 0 radical (unpaired) electrons. The highest BCUT2D eigenvalue weighted by atomic mass is 15.3. The summed E-state index contributed by atoms with van der Waals surface area (Å²) in [6.45, 7) is 4.26. The van der Waals surface area contributed by atoms with Crippen molar-refractivity contribution < 1.29 is 0 Å². The molecule has 1 saturated carbocycles. The second-order valence-corrected chi connectivity index (χ2v) is 5.87. The monoisotopic (exact) mass is 249 g/mol. The number of nitrogens with two attached hydrogens (primary N) is 1. The molecule has 0 amide bonds. The summed E-state index contributed by atoms with van der Waals surface area (Å²) in [5, 5.41) is 4.48. The minimum atomic E-state index is 0.379. The zero-order valence-electron chi connectivity index (χ0n) is 12.1. The van der Waals surface area contributed by atoms with Crippen LogP contribution >= 0.6 is 0 Å². The van der Waals surface area contributed by atoms with Crippen LogP contribution in [0.3, 0.4) is 0 Å². The summed E-state index contributed by atoms with van der Waals surface area (Å²) in [5.74, 6) is 0.760. The lowest BCUT2D eigenvalue weighted by Gasteiger charge is -2.27. The Morgan fingerprint density at radius 3 is 2.50 bits per heavy atom. The van der Waals surface area contributed by atoms with Gasteiger partial charge < -0.3 is 5.73 Å². The molecule has 1 heterocycles. The molecule has 1 unspecified atom stereocenters. The molecule has 0 aromatic carbocycles. The summed E-state index contributed by atoms with van der Waals surface area (Å²) in [6.07, 6.45) is 9.04. The Kier molecular flexibility index (Phi) is 4.44. The first-order chi connectivity index (χ1) is 8.59. The van der Waals surface area contributed by atoms with E-state index in [1.54, 1.807) is 0 Å². The fraction of sp³-hybridized carbons (Fsp3) is 0.800. The topological polar surface area (TPSA) is 43.8 Å². The molecule has 1 aliphatic rings. The largest absolute Gasteiger partial charge is 0.327 e. The van der Waals surface area contributed by atoms with E-state index in [-0.39, 0.29) is 0 Å². The van der Waals surface area contributed by atoms with E-state index in [4.69, 9.17) is 5.73 Å². The maximum Gasteiger partial charge on any atom is 0.0628 e. The molecule has 102 valence electrons. The lowest BCUT2D eigenvalue weighted by Crippen LogP contribution is -2.32. The Balaban J connectivity index is 1.90.